The summed E-state index contributed by atoms with van der Waals surface area (Å²) in [6.07, 6.45) is 1.13. The number of nitrogens with zero attached hydrogens (tertiary/aromatic N) is 1. The fraction of sp³-hybridized carbons (Fsp3) is 0.600. The van der Waals surface area contributed by atoms with Gasteiger partial charge in [0.25, 0.3) is 0 Å². The van der Waals surface area contributed by atoms with Crippen LogP contribution in [-0.2, 0) is 6.54 Å². The summed E-state index contributed by atoms with van der Waals surface area (Å²) >= 11 is 5.96. The minimum atomic E-state index is -0.161. The van der Waals surface area contributed by atoms with Gasteiger partial charge in [0.15, 0.2) is 0 Å². The quantitative estimate of drug-likeness (QED) is 0.913. The molecule has 1 saturated heterocycles. The van der Waals surface area contributed by atoms with Crippen molar-refractivity contribution in [2.45, 2.75) is 32.9 Å². The van der Waals surface area contributed by atoms with Crippen LogP contribution in [0.15, 0.2) is 18.2 Å². The van der Waals surface area contributed by atoms with Gasteiger partial charge in [-0.3, -0.25) is 4.90 Å². The van der Waals surface area contributed by atoms with Gasteiger partial charge in [0.2, 0.25) is 0 Å². The average Bonchev–Trinajstić information content (AvgIpc) is 2.35. The van der Waals surface area contributed by atoms with Crippen LogP contribution in [0.4, 0.5) is 4.39 Å². The van der Waals surface area contributed by atoms with E-state index in [0.717, 1.165) is 26.1 Å². The van der Waals surface area contributed by atoms with E-state index >= 15 is 0 Å². The topological polar surface area (TPSA) is 15.3 Å². The van der Waals surface area contributed by atoms with Crippen LogP contribution in [0.25, 0.3) is 0 Å². The molecule has 1 aliphatic heterocycles. The molecule has 0 bridgehead atoms. The van der Waals surface area contributed by atoms with Gasteiger partial charge < -0.3 is 5.32 Å². The van der Waals surface area contributed by atoms with Crippen molar-refractivity contribution in [3.63, 3.8) is 0 Å². The number of hydrogen-bond acceptors (Lipinski definition) is 2. The lowest BCUT2D eigenvalue weighted by atomic mass is 10.00. The van der Waals surface area contributed by atoms with Crippen molar-refractivity contribution in [3.8, 4) is 0 Å². The molecule has 106 valence electrons. The van der Waals surface area contributed by atoms with Crippen LogP contribution in [0.2, 0.25) is 5.02 Å². The van der Waals surface area contributed by atoms with E-state index in [0.29, 0.717) is 29.1 Å². The minimum Gasteiger partial charge on any atom is -0.314 e. The zero-order valence-electron chi connectivity index (χ0n) is 11.6. The first-order valence-electron chi connectivity index (χ1n) is 6.95. The monoisotopic (exact) mass is 284 g/mol. The van der Waals surface area contributed by atoms with E-state index in [1.165, 1.54) is 6.07 Å². The summed E-state index contributed by atoms with van der Waals surface area (Å²) in [6.45, 7) is 8.02. The zero-order chi connectivity index (χ0) is 13.8. The molecule has 2 rings (SSSR count). The van der Waals surface area contributed by atoms with Gasteiger partial charge >= 0.3 is 0 Å². The van der Waals surface area contributed by atoms with Crippen molar-refractivity contribution < 1.29 is 4.39 Å². The highest BCUT2D eigenvalue weighted by Gasteiger charge is 2.23. The minimum absolute atomic E-state index is 0.161. The molecule has 0 radical (unpaired) electrons. The summed E-state index contributed by atoms with van der Waals surface area (Å²) in [5.41, 5.74) is 0.697. The lowest BCUT2D eigenvalue weighted by Crippen LogP contribution is -2.51. The third kappa shape index (κ3) is 4.16. The second kappa shape index (κ2) is 6.69. The van der Waals surface area contributed by atoms with Crippen molar-refractivity contribution in [2.75, 3.05) is 19.6 Å². The van der Waals surface area contributed by atoms with E-state index < -0.39 is 0 Å². The van der Waals surface area contributed by atoms with E-state index in [-0.39, 0.29) is 5.82 Å². The van der Waals surface area contributed by atoms with Crippen LogP contribution < -0.4 is 5.32 Å². The highest BCUT2D eigenvalue weighted by atomic mass is 35.5. The van der Waals surface area contributed by atoms with Crippen molar-refractivity contribution in [1.29, 1.82) is 0 Å². The molecule has 1 atom stereocenters. The Morgan fingerprint density at radius 1 is 1.47 bits per heavy atom. The molecule has 0 aliphatic carbocycles. The summed E-state index contributed by atoms with van der Waals surface area (Å²) in [6, 6.07) is 5.28. The summed E-state index contributed by atoms with van der Waals surface area (Å²) in [7, 11) is 0. The zero-order valence-corrected chi connectivity index (χ0v) is 12.4. The second-order valence-electron chi connectivity index (χ2n) is 5.69. The van der Waals surface area contributed by atoms with Crippen LogP contribution in [0.5, 0.6) is 0 Å². The molecule has 1 aliphatic rings. The summed E-state index contributed by atoms with van der Waals surface area (Å²) in [4.78, 5) is 2.37. The molecule has 1 fully saturated rings. The standard InChI is InChI=1S/C15H22ClFN2/c1-11(2)7-14-9-18-5-6-19(14)10-12-8-13(16)3-4-15(12)17/h3-4,8,11,14,18H,5-7,9-10H2,1-2H3. The molecule has 1 heterocycles. The molecule has 1 aromatic carbocycles. The highest BCUT2D eigenvalue weighted by molar-refractivity contribution is 6.30. The molecule has 4 heteroatoms. The predicted molar refractivity (Wildman–Crippen MR) is 77.9 cm³/mol. The maximum Gasteiger partial charge on any atom is 0.127 e. The maximum absolute atomic E-state index is 13.8. The van der Waals surface area contributed by atoms with Gasteiger partial charge in [-0.2, -0.15) is 0 Å². The first-order chi connectivity index (χ1) is 9.06. The van der Waals surface area contributed by atoms with Crippen LogP contribution >= 0.6 is 11.6 Å². The van der Waals surface area contributed by atoms with Crippen molar-refractivity contribution >= 4 is 11.6 Å². The summed E-state index contributed by atoms with van der Waals surface area (Å²) < 4.78 is 13.8. The molecule has 1 N–H and O–H groups in total. The maximum atomic E-state index is 13.8. The number of halogens is 2. The van der Waals surface area contributed by atoms with E-state index in [9.17, 15) is 4.39 Å². The molecular formula is C15H22ClFN2. The molecule has 1 aromatic rings. The van der Waals surface area contributed by atoms with Gasteiger partial charge in [-0.15, -0.1) is 0 Å². The number of nitrogens with one attached hydrogen (secondary N) is 1. The van der Waals surface area contributed by atoms with Gasteiger partial charge in [0.05, 0.1) is 0 Å². The lowest BCUT2D eigenvalue weighted by molar-refractivity contribution is 0.133. The van der Waals surface area contributed by atoms with E-state index in [1.54, 1.807) is 12.1 Å². The molecule has 19 heavy (non-hydrogen) atoms. The lowest BCUT2D eigenvalue weighted by Gasteiger charge is -2.37. The Hall–Kier alpha value is -0.640. The van der Waals surface area contributed by atoms with E-state index in [2.05, 4.69) is 24.1 Å². The Morgan fingerprint density at radius 3 is 3.00 bits per heavy atom. The number of benzene rings is 1. The predicted octanol–water partition coefficient (Wildman–Crippen LogP) is 3.30. The number of rotatable bonds is 4. The number of hydrogen-bond donors (Lipinski definition) is 1. The van der Waals surface area contributed by atoms with Crippen LogP contribution in [0, 0.1) is 11.7 Å². The Kier molecular flexibility index (Phi) is 5.20. The Morgan fingerprint density at radius 2 is 2.26 bits per heavy atom. The molecule has 2 nitrogen and oxygen atoms in total. The molecule has 0 spiro atoms. The Bertz CT molecular complexity index is 423. The third-order valence-corrected chi connectivity index (χ3v) is 3.83. The first kappa shape index (κ1) is 14.8. The van der Waals surface area contributed by atoms with Gasteiger partial charge in [0.1, 0.15) is 5.82 Å². The molecule has 0 saturated carbocycles. The third-order valence-electron chi connectivity index (χ3n) is 3.60. The first-order valence-corrected chi connectivity index (χ1v) is 7.32. The number of piperazine rings is 1. The normalized spacial score (nSPS) is 21.0. The van der Waals surface area contributed by atoms with Gasteiger partial charge in [-0.1, -0.05) is 25.4 Å². The molecule has 0 aromatic heterocycles. The van der Waals surface area contributed by atoms with Gasteiger partial charge in [-0.25, -0.2) is 4.39 Å². The van der Waals surface area contributed by atoms with Crippen LogP contribution in [-0.4, -0.2) is 30.6 Å². The van der Waals surface area contributed by atoms with Crippen molar-refractivity contribution in [3.05, 3.63) is 34.6 Å². The van der Waals surface area contributed by atoms with Gasteiger partial charge in [-0.05, 0) is 30.5 Å². The summed E-state index contributed by atoms with van der Waals surface area (Å²) in [5, 5.41) is 4.02. The molecule has 1 unspecified atom stereocenters. The summed E-state index contributed by atoms with van der Waals surface area (Å²) in [5.74, 6) is 0.489. The Balaban J connectivity index is 2.08. The smallest absolute Gasteiger partial charge is 0.127 e. The van der Waals surface area contributed by atoms with Crippen LogP contribution in [0.3, 0.4) is 0 Å². The average molecular weight is 285 g/mol. The van der Waals surface area contributed by atoms with Crippen LogP contribution in [0.1, 0.15) is 25.8 Å². The molecule has 0 amide bonds. The molecular weight excluding hydrogens is 263 g/mol. The Labute approximate surface area is 119 Å². The fourth-order valence-corrected chi connectivity index (χ4v) is 2.87. The SMILES string of the molecule is CC(C)CC1CNCCN1Cc1cc(Cl)ccc1F. The highest BCUT2D eigenvalue weighted by Crippen LogP contribution is 2.20. The van der Waals surface area contributed by atoms with E-state index in [1.807, 2.05) is 0 Å². The second-order valence-corrected chi connectivity index (χ2v) is 6.13. The largest absolute Gasteiger partial charge is 0.314 e. The van der Waals surface area contributed by atoms with Crippen molar-refractivity contribution in [1.82, 2.24) is 10.2 Å². The fourth-order valence-electron chi connectivity index (χ4n) is 2.67. The van der Waals surface area contributed by atoms with E-state index in [4.69, 9.17) is 11.6 Å². The van der Waals surface area contributed by atoms with Gasteiger partial charge in [0, 0.05) is 42.8 Å². The van der Waals surface area contributed by atoms with Crippen molar-refractivity contribution in [2.24, 2.45) is 5.92 Å².